The summed E-state index contributed by atoms with van der Waals surface area (Å²) in [7, 11) is 0. The van der Waals surface area contributed by atoms with Gasteiger partial charge in [-0.3, -0.25) is 14.6 Å². The van der Waals surface area contributed by atoms with Crippen molar-refractivity contribution in [2.24, 2.45) is 0 Å². The van der Waals surface area contributed by atoms with Crippen LogP contribution in [0.5, 0.6) is 0 Å². The molecule has 0 spiro atoms. The maximum Gasteiger partial charge on any atom is 0.325 e. The molecule has 0 unspecified atom stereocenters. The quantitative estimate of drug-likeness (QED) is 0.440. The lowest BCUT2D eigenvalue weighted by molar-refractivity contribution is -0.120. The monoisotopic (exact) mass is 227 g/mol. The minimum atomic E-state index is -0.634. The number of carbonyl (C=O) groups is 1. The van der Waals surface area contributed by atoms with E-state index in [1.807, 2.05) is 4.98 Å². The van der Waals surface area contributed by atoms with Crippen LogP contribution < -0.4 is 16.6 Å². The van der Waals surface area contributed by atoms with Gasteiger partial charge >= 0.3 is 5.69 Å². The van der Waals surface area contributed by atoms with Crippen LogP contribution in [0.3, 0.4) is 0 Å². The van der Waals surface area contributed by atoms with E-state index < -0.39 is 11.2 Å². The van der Waals surface area contributed by atoms with Crippen molar-refractivity contribution < 1.29 is 9.90 Å². The predicted molar refractivity (Wildman–Crippen MR) is 56.1 cm³/mol. The summed E-state index contributed by atoms with van der Waals surface area (Å²) in [5.74, 6) is -0.310. The van der Waals surface area contributed by atoms with Crippen molar-refractivity contribution in [3.63, 3.8) is 0 Å². The van der Waals surface area contributed by atoms with Gasteiger partial charge in [0.1, 0.15) is 0 Å². The van der Waals surface area contributed by atoms with Crippen LogP contribution in [0.1, 0.15) is 12.1 Å². The summed E-state index contributed by atoms with van der Waals surface area (Å²) in [4.78, 5) is 37.4. The Morgan fingerprint density at radius 2 is 2.12 bits per heavy atom. The molecule has 0 aliphatic rings. The first kappa shape index (κ1) is 12.2. The molecule has 0 fully saturated rings. The summed E-state index contributed by atoms with van der Waals surface area (Å²) in [6.45, 7) is 0.366. The summed E-state index contributed by atoms with van der Waals surface area (Å²) >= 11 is 0. The first-order chi connectivity index (χ1) is 7.61. The van der Waals surface area contributed by atoms with E-state index in [1.54, 1.807) is 0 Å². The molecule has 16 heavy (non-hydrogen) atoms. The number of amides is 1. The van der Waals surface area contributed by atoms with Crippen LogP contribution in [0.15, 0.2) is 15.7 Å². The third-order valence-electron chi connectivity index (χ3n) is 1.82. The van der Waals surface area contributed by atoms with Gasteiger partial charge in [-0.1, -0.05) is 0 Å². The van der Waals surface area contributed by atoms with Crippen LogP contribution in [0.25, 0.3) is 0 Å². The van der Waals surface area contributed by atoms with Crippen molar-refractivity contribution in [3.05, 3.63) is 32.6 Å². The summed E-state index contributed by atoms with van der Waals surface area (Å²) in [5, 5.41) is 11.0. The van der Waals surface area contributed by atoms with Gasteiger partial charge in [-0.05, 0) is 6.42 Å². The van der Waals surface area contributed by atoms with Gasteiger partial charge in [-0.15, -0.1) is 0 Å². The number of aromatic nitrogens is 2. The molecule has 0 atom stereocenters. The zero-order valence-corrected chi connectivity index (χ0v) is 8.58. The first-order valence-corrected chi connectivity index (χ1v) is 4.82. The lowest BCUT2D eigenvalue weighted by atomic mass is 10.3. The third-order valence-corrected chi connectivity index (χ3v) is 1.82. The second-order valence-corrected chi connectivity index (χ2v) is 3.22. The highest BCUT2D eigenvalue weighted by Gasteiger charge is 2.04. The molecule has 0 saturated heterocycles. The molecule has 0 aromatic carbocycles. The molecule has 0 bridgehead atoms. The lowest BCUT2D eigenvalue weighted by Crippen LogP contribution is -2.29. The second-order valence-electron chi connectivity index (χ2n) is 3.22. The molecule has 1 heterocycles. The number of carbonyl (C=O) groups excluding carboxylic acids is 1. The average Bonchev–Trinajstić information content (AvgIpc) is 2.16. The van der Waals surface area contributed by atoms with E-state index in [2.05, 4.69) is 10.3 Å². The van der Waals surface area contributed by atoms with E-state index in [4.69, 9.17) is 5.11 Å². The number of aromatic amines is 2. The number of nitrogens with one attached hydrogen (secondary N) is 3. The Labute approximate surface area is 90.5 Å². The Morgan fingerprint density at radius 1 is 1.38 bits per heavy atom. The molecule has 1 aromatic heterocycles. The fourth-order valence-corrected chi connectivity index (χ4v) is 1.16. The fourth-order valence-electron chi connectivity index (χ4n) is 1.16. The van der Waals surface area contributed by atoms with Crippen LogP contribution in [-0.2, 0) is 11.2 Å². The normalized spacial score (nSPS) is 10.1. The maximum absolute atomic E-state index is 11.3. The Balaban J connectivity index is 2.56. The van der Waals surface area contributed by atoms with E-state index in [9.17, 15) is 14.4 Å². The highest BCUT2D eigenvalue weighted by molar-refractivity contribution is 5.77. The van der Waals surface area contributed by atoms with Gasteiger partial charge in [0.15, 0.2) is 0 Å². The number of H-pyrrole nitrogens is 2. The Kier molecular flexibility index (Phi) is 4.46. The predicted octanol–water partition coefficient (Wildman–Crippen LogP) is -1.90. The van der Waals surface area contributed by atoms with E-state index >= 15 is 0 Å². The highest BCUT2D eigenvalue weighted by atomic mass is 16.3. The molecule has 1 aromatic rings. The Bertz CT molecular complexity index is 434. The minimum absolute atomic E-state index is 0.00210. The molecule has 88 valence electrons. The zero-order valence-electron chi connectivity index (χ0n) is 8.58. The minimum Gasteiger partial charge on any atom is -0.396 e. The lowest BCUT2D eigenvalue weighted by Gasteiger charge is -2.03. The number of hydrogen-bond donors (Lipinski definition) is 4. The van der Waals surface area contributed by atoms with Gasteiger partial charge in [0.05, 0.1) is 6.42 Å². The van der Waals surface area contributed by atoms with E-state index in [0.29, 0.717) is 13.0 Å². The van der Waals surface area contributed by atoms with Crippen molar-refractivity contribution in [3.8, 4) is 0 Å². The van der Waals surface area contributed by atoms with Crippen molar-refractivity contribution in [1.82, 2.24) is 15.3 Å². The maximum atomic E-state index is 11.3. The molecule has 1 rings (SSSR count). The van der Waals surface area contributed by atoms with Crippen LogP contribution in [0.4, 0.5) is 0 Å². The van der Waals surface area contributed by atoms with Crippen LogP contribution >= 0.6 is 0 Å². The molecule has 0 radical (unpaired) electrons. The summed E-state index contributed by atoms with van der Waals surface area (Å²) < 4.78 is 0. The van der Waals surface area contributed by atoms with Crippen molar-refractivity contribution in [2.75, 3.05) is 13.2 Å². The number of aliphatic hydroxyl groups excluding tert-OH is 1. The van der Waals surface area contributed by atoms with E-state index in [0.717, 1.165) is 6.07 Å². The molecular formula is C9H13N3O4. The van der Waals surface area contributed by atoms with Crippen molar-refractivity contribution in [2.45, 2.75) is 12.8 Å². The van der Waals surface area contributed by atoms with Gasteiger partial charge < -0.3 is 15.4 Å². The van der Waals surface area contributed by atoms with Crippen LogP contribution in [0, 0.1) is 0 Å². The Hall–Kier alpha value is -1.89. The molecule has 4 N–H and O–H groups in total. The third kappa shape index (κ3) is 4.09. The smallest absolute Gasteiger partial charge is 0.325 e. The van der Waals surface area contributed by atoms with E-state index in [1.165, 1.54) is 0 Å². The average molecular weight is 227 g/mol. The Morgan fingerprint density at radius 3 is 2.75 bits per heavy atom. The number of aliphatic hydroxyl groups is 1. The molecule has 0 aliphatic carbocycles. The SMILES string of the molecule is O=C(Cc1cc(=O)[nH]c(=O)[nH]1)NCCCO. The molecule has 7 nitrogen and oxygen atoms in total. The summed E-state index contributed by atoms with van der Waals surface area (Å²) in [6.07, 6.45) is 0.405. The largest absolute Gasteiger partial charge is 0.396 e. The zero-order chi connectivity index (χ0) is 12.0. The highest BCUT2D eigenvalue weighted by Crippen LogP contribution is 1.87. The molecule has 1 amide bonds. The van der Waals surface area contributed by atoms with Gasteiger partial charge in [-0.25, -0.2) is 4.79 Å². The van der Waals surface area contributed by atoms with Gasteiger partial charge in [0, 0.05) is 24.9 Å². The summed E-state index contributed by atoms with van der Waals surface area (Å²) in [6, 6.07) is 1.16. The van der Waals surface area contributed by atoms with Crippen LogP contribution in [-0.4, -0.2) is 34.1 Å². The number of hydrogen-bond acceptors (Lipinski definition) is 4. The van der Waals surface area contributed by atoms with Crippen molar-refractivity contribution in [1.29, 1.82) is 0 Å². The molecule has 7 heteroatoms. The molecule has 0 saturated carbocycles. The fraction of sp³-hybridized carbons (Fsp3) is 0.444. The van der Waals surface area contributed by atoms with E-state index in [-0.39, 0.29) is 24.6 Å². The van der Waals surface area contributed by atoms with Crippen LogP contribution in [0.2, 0.25) is 0 Å². The van der Waals surface area contributed by atoms with Crippen molar-refractivity contribution >= 4 is 5.91 Å². The first-order valence-electron chi connectivity index (χ1n) is 4.82. The number of rotatable bonds is 5. The standard InChI is InChI=1S/C9H13N3O4/c13-3-1-2-10-7(14)4-6-5-8(15)12-9(16)11-6/h5,13H,1-4H2,(H,10,14)(H2,11,12,15,16). The molecular weight excluding hydrogens is 214 g/mol. The van der Waals surface area contributed by atoms with Gasteiger partial charge in [-0.2, -0.15) is 0 Å². The topological polar surface area (TPSA) is 115 Å². The van der Waals surface area contributed by atoms with Gasteiger partial charge in [0.2, 0.25) is 5.91 Å². The summed E-state index contributed by atoms with van der Waals surface area (Å²) in [5.41, 5.74) is -0.914. The molecule has 0 aliphatic heterocycles. The second kappa shape index (κ2) is 5.86. The van der Waals surface area contributed by atoms with Gasteiger partial charge in [0.25, 0.3) is 5.56 Å².